The molecular weight excluding hydrogens is 364 g/mol. The van der Waals surface area contributed by atoms with Crippen molar-refractivity contribution in [2.45, 2.75) is 31.7 Å². The Morgan fingerprint density at radius 1 is 1.15 bits per heavy atom. The van der Waals surface area contributed by atoms with Crippen molar-refractivity contribution < 1.29 is 17.9 Å². The Bertz CT molecular complexity index is 910. The molecular formula is C20H26N2O4S. The summed E-state index contributed by atoms with van der Waals surface area (Å²) in [7, 11) is -0.371. The van der Waals surface area contributed by atoms with Crippen LogP contribution in [0.15, 0.2) is 47.4 Å². The molecule has 0 unspecified atom stereocenters. The lowest BCUT2D eigenvalue weighted by Gasteiger charge is -2.19. The van der Waals surface area contributed by atoms with Crippen molar-refractivity contribution in [1.29, 1.82) is 0 Å². The lowest BCUT2D eigenvalue weighted by atomic mass is 10.2. The summed E-state index contributed by atoms with van der Waals surface area (Å²) in [5, 5.41) is 0. The minimum absolute atomic E-state index is 0.0464. The molecule has 0 heterocycles. The van der Waals surface area contributed by atoms with Crippen LogP contribution in [0.2, 0.25) is 0 Å². The Hall–Kier alpha value is -2.38. The van der Waals surface area contributed by atoms with Gasteiger partial charge in [-0.3, -0.25) is 4.79 Å². The molecule has 1 amide bonds. The minimum atomic E-state index is -3.65. The van der Waals surface area contributed by atoms with Crippen molar-refractivity contribution in [3.05, 3.63) is 59.2 Å². The fourth-order valence-electron chi connectivity index (χ4n) is 2.74. The molecule has 2 rings (SSSR count). The summed E-state index contributed by atoms with van der Waals surface area (Å²) in [5.41, 5.74) is 2.44. The third kappa shape index (κ3) is 5.55. The zero-order valence-electron chi connectivity index (χ0n) is 16.2. The van der Waals surface area contributed by atoms with E-state index in [1.807, 2.05) is 37.3 Å². The number of carbonyl (C=O) groups excluding carboxylic acids is 1. The predicted octanol–water partition coefficient (Wildman–Crippen LogP) is 2.64. The summed E-state index contributed by atoms with van der Waals surface area (Å²) in [6.07, 6.45) is 0.0791. The number of nitrogens with one attached hydrogen (secondary N) is 1. The van der Waals surface area contributed by atoms with Crippen LogP contribution in [0.3, 0.4) is 0 Å². The molecule has 0 saturated heterocycles. The largest absolute Gasteiger partial charge is 0.496 e. The molecule has 2 aromatic rings. The molecule has 2 aromatic carbocycles. The number of hydrogen-bond donors (Lipinski definition) is 1. The van der Waals surface area contributed by atoms with Gasteiger partial charge in [0.15, 0.2) is 0 Å². The van der Waals surface area contributed by atoms with Crippen LogP contribution in [0.5, 0.6) is 5.75 Å². The maximum atomic E-state index is 12.5. The Morgan fingerprint density at radius 3 is 2.56 bits per heavy atom. The first kappa shape index (κ1) is 20.9. The highest BCUT2D eigenvalue weighted by Gasteiger charge is 2.18. The Morgan fingerprint density at radius 2 is 1.85 bits per heavy atom. The molecule has 0 saturated carbocycles. The van der Waals surface area contributed by atoms with Crippen LogP contribution in [-0.4, -0.2) is 39.9 Å². The summed E-state index contributed by atoms with van der Waals surface area (Å²) in [4.78, 5) is 14.1. The van der Waals surface area contributed by atoms with Crippen molar-refractivity contribution in [1.82, 2.24) is 9.62 Å². The van der Waals surface area contributed by atoms with Gasteiger partial charge in [-0.15, -0.1) is 0 Å². The van der Waals surface area contributed by atoms with E-state index in [4.69, 9.17) is 4.74 Å². The molecule has 7 heteroatoms. The number of ether oxygens (including phenoxy) is 1. The normalized spacial score (nSPS) is 11.3. The summed E-state index contributed by atoms with van der Waals surface area (Å²) >= 11 is 0. The molecule has 0 aliphatic rings. The molecule has 0 aliphatic heterocycles. The maximum absolute atomic E-state index is 12.5. The third-order valence-electron chi connectivity index (χ3n) is 4.29. The van der Waals surface area contributed by atoms with Crippen molar-refractivity contribution in [2.24, 2.45) is 0 Å². The van der Waals surface area contributed by atoms with Gasteiger partial charge >= 0.3 is 0 Å². The van der Waals surface area contributed by atoms with Gasteiger partial charge in [-0.25, -0.2) is 13.1 Å². The van der Waals surface area contributed by atoms with Gasteiger partial charge in [-0.2, -0.15) is 0 Å². The van der Waals surface area contributed by atoms with Gasteiger partial charge in [0.1, 0.15) is 5.75 Å². The zero-order chi connectivity index (χ0) is 20.0. The molecule has 0 aromatic heterocycles. The van der Waals surface area contributed by atoms with Crippen molar-refractivity contribution in [3.63, 3.8) is 0 Å². The number of carbonyl (C=O) groups is 1. The van der Waals surface area contributed by atoms with Crippen molar-refractivity contribution in [2.75, 3.05) is 20.7 Å². The van der Waals surface area contributed by atoms with Crippen LogP contribution in [-0.2, 0) is 21.4 Å². The molecule has 0 atom stereocenters. The third-order valence-corrected chi connectivity index (χ3v) is 5.89. The maximum Gasteiger partial charge on any atom is 0.240 e. The molecule has 0 bridgehead atoms. The van der Waals surface area contributed by atoms with E-state index in [0.717, 1.165) is 11.1 Å². The first-order valence-corrected chi connectivity index (χ1v) is 10.2. The molecule has 1 N–H and O–H groups in total. The smallest absolute Gasteiger partial charge is 0.240 e. The van der Waals surface area contributed by atoms with Gasteiger partial charge in [0.05, 0.1) is 12.0 Å². The summed E-state index contributed by atoms with van der Waals surface area (Å²) in [6, 6.07) is 12.8. The predicted molar refractivity (Wildman–Crippen MR) is 105 cm³/mol. The highest BCUT2D eigenvalue weighted by atomic mass is 32.2. The van der Waals surface area contributed by atoms with Crippen LogP contribution in [0.1, 0.15) is 23.1 Å². The molecule has 146 valence electrons. The van der Waals surface area contributed by atoms with Gasteiger partial charge in [-0.1, -0.05) is 30.3 Å². The monoisotopic (exact) mass is 390 g/mol. The zero-order valence-corrected chi connectivity index (χ0v) is 17.0. The number of rotatable bonds is 8. The van der Waals surface area contributed by atoms with E-state index in [1.54, 1.807) is 38.1 Å². The van der Waals surface area contributed by atoms with E-state index in [2.05, 4.69) is 4.72 Å². The second kappa shape index (κ2) is 9.01. The van der Waals surface area contributed by atoms with E-state index in [0.29, 0.717) is 17.9 Å². The molecule has 0 spiro atoms. The first-order chi connectivity index (χ1) is 12.7. The molecule has 0 aliphatic carbocycles. The summed E-state index contributed by atoms with van der Waals surface area (Å²) in [6.45, 7) is 4.03. The second-order valence-electron chi connectivity index (χ2n) is 6.48. The number of aryl methyl sites for hydroxylation is 2. The van der Waals surface area contributed by atoms with Gasteiger partial charge in [0.2, 0.25) is 15.9 Å². The van der Waals surface area contributed by atoms with Crippen LogP contribution >= 0.6 is 0 Å². The van der Waals surface area contributed by atoms with Crippen LogP contribution in [0.4, 0.5) is 0 Å². The number of amides is 1. The fraction of sp³-hybridized carbons (Fsp3) is 0.350. The number of nitrogens with zero attached hydrogens (tertiary/aromatic N) is 1. The number of methoxy groups -OCH3 is 1. The number of sulfonamides is 1. The van der Waals surface area contributed by atoms with Gasteiger partial charge in [-0.05, 0) is 37.1 Å². The van der Waals surface area contributed by atoms with Gasteiger partial charge < -0.3 is 9.64 Å². The van der Waals surface area contributed by atoms with Crippen molar-refractivity contribution in [3.8, 4) is 5.75 Å². The lowest BCUT2D eigenvalue weighted by molar-refractivity contribution is -0.130. The molecule has 27 heavy (non-hydrogen) atoms. The van der Waals surface area contributed by atoms with Gasteiger partial charge in [0.25, 0.3) is 0 Å². The first-order valence-electron chi connectivity index (χ1n) is 8.67. The fourth-order valence-corrected chi connectivity index (χ4v) is 4.09. The summed E-state index contributed by atoms with van der Waals surface area (Å²) in [5.74, 6) is 0.567. The Balaban J connectivity index is 1.94. The molecule has 0 fully saturated rings. The highest BCUT2D eigenvalue weighted by Crippen LogP contribution is 2.19. The van der Waals surface area contributed by atoms with Crippen LogP contribution < -0.4 is 9.46 Å². The lowest BCUT2D eigenvalue weighted by Crippen LogP contribution is -2.32. The average Bonchev–Trinajstić information content (AvgIpc) is 2.63. The quantitative estimate of drug-likeness (QED) is 0.752. The Labute approximate surface area is 161 Å². The SMILES string of the molecule is COc1ccccc1CN(C)C(=O)CCNS(=O)(=O)c1cc(C)ccc1C. The summed E-state index contributed by atoms with van der Waals surface area (Å²) < 4.78 is 32.8. The van der Waals surface area contributed by atoms with E-state index < -0.39 is 10.0 Å². The van der Waals surface area contributed by atoms with E-state index in [1.165, 1.54) is 0 Å². The van der Waals surface area contributed by atoms with Crippen LogP contribution in [0, 0.1) is 13.8 Å². The Kier molecular flexibility index (Phi) is 6.98. The second-order valence-corrected chi connectivity index (χ2v) is 8.21. The van der Waals surface area contributed by atoms with E-state index >= 15 is 0 Å². The standard InChI is InChI=1S/C20H26N2O4S/c1-15-9-10-16(2)19(13-15)27(24,25)21-12-11-20(23)22(3)14-17-7-5-6-8-18(17)26-4/h5-10,13,21H,11-12,14H2,1-4H3. The van der Waals surface area contributed by atoms with Gasteiger partial charge in [0, 0.05) is 32.1 Å². The van der Waals surface area contributed by atoms with Crippen molar-refractivity contribution >= 4 is 15.9 Å². The highest BCUT2D eigenvalue weighted by molar-refractivity contribution is 7.89. The number of para-hydroxylation sites is 1. The molecule has 6 nitrogen and oxygen atoms in total. The number of benzene rings is 2. The molecule has 0 radical (unpaired) electrons. The van der Waals surface area contributed by atoms with E-state index in [9.17, 15) is 13.2 Å². The topological polar surface area (TPSA) is 75.7 Å². The van der Waals surface area contributed by atoms with E-state index in [-0.39, 0.29) is 23.8 Å². The number of hydrogen-bond acceptors (Lipinski definition) is 4. The average molecular weight is 391 g/mol. The minimum Gasteiger partial charge on any atom is -0.496 e. The van der Waals surface area contributed by atoms with Crippen LogP contribution in [0.25, 0.3) is 0 Å².